The first kappa shape index (κ1) is 11.4. The van der Waals surface area contributed by atoms with Gasteiger partial charge in [0.25, 0.3) is 5.92 Å². The Balaban J connectivity index is 1.94. The van der Waals surface area contributed by atoms with Gasteiger partial charge >= 0.3 is 5.97 Å². The lowest BCUT2D eigenvalue weighted by Gasteiger charge is -2.55. The van der Waals surface area contributed by atoms with Gasteiger partial charge in [-0.05, 0) is 37.5 Å². The first-order valence-electron chi connectivity index (χ1n) is 6.13. The second-order valence-electron chi connectivity index (χ2n) is 6.10. The summed E-state index contributed by atoms with van der Waals surface area (Å²) in [5.41, 5.74) is -3.00. The monoisotopic (exact) mass is 246 g/mol. The second-order valence-corrected chi connectivity index (χ2v) is 6.10. The zero-order chi connectivity index (χ0) is 12.5. The first-order chi connectivity index (χ1) is 7.79. The van der Waals surface area contributed by atoms with Crippen LogP contribution in [0.1, 0.15) is 38.5 Å². The third-order valence-corrected chi connectivity index (χ3v) is 5.18. The third-order valence-electron chi connectivity index (χ3n) is 5.18. The molecule has 0 aliphatic heterocycles. The Morgan fingerprint density at radius 3 is 2.24 bits per heavy atom. The van der Waals surface area contributed by atoms with Crippen molar-refractivity contribution in [2.75, 3.05) is 0 Å². The molecule has 3 rings (SSSR count). The standard InChI is InChI=1S/C12H16F2O3/c13-11(14)5-10(6-11,9(15)16)12(17)4-7-1-2-8(12)3-7/h7-8,17H,1-6H2,(H,15,16). The molecule has 0 heterocycles. The second kappa shape index (κ2) is 2.99. The Kier molecular flexibility index (Phi) is 2.01. The summed E-state index contributed by atoms with van der Waals surface area (Å²) in [5.74, 6) is -3.94. The molecule has 3 fully saturated rings. The van der Waals surface area contributed by atoms with E-state index in [4.69, 9.17) is 0 Å². The van der Waals surface area contributed by atoms with Crippen molar-refractivity contribution in [1.29, 1.82) is 0 Å². The van der Waals surface area contributed by atoms with Crippen LogP contribution in [0.3, 0.4) is 0 Å². The van der Waals surface area contributed by atoms with Crippen molar-refractivity contribution in [1.82, 2.24) is 0 Å². The van der Waals surface area contributed by atoms with Gasteiger partial charge in [0.15, 0.2) is 0 Å². The molecule has 0 aromatic rings. The van der Waals surface area contributed by atoms with Gasteiger partial charge in [-0.15, -0.1) is 0 Å². The van der Waals surface area contributed by atoms with Gasteiger partial charge in [-0.1, -0.05) is 0 Å². The lowest BCUT2D eigenvalue weighted by atomic mass is 9.52. The number of halogens is 2. The molecule has 0 amide bonds. The zero-order valence-electron chi connectivity index (χ0n) is 9.46. The van der Waals surface area contributed by atoms with E-state index in [-0.39, 0.29) is 5.92 Å². The molecule has 3 aliphatic rings. The smallest absolute Gasteiger partial charge is 0.313 e. The number of carbonyl (C=O) groups is 1. The summed E-state index contributed by atoms with van der Waals surface area (Å²) >= 11 is 0. The van der Waals surface area contributed by atoms with Crippen LogP contribution in [-0.4, -0.2) is 27.7 Å². The largest absolute Gasteiger partial charge is 0.481 e. The van der Waals surface area contributed by atoms with Crippen molar-refractivity contribution in [2.24, 2.45) is 17.3 Å². The van der Waals surface area contributed by atoms with Gasteiger partial charge in [0, 0.05) is 12.8 Å². The molecule has 0 saturated heterocycles. The van der Waals surface area contributed by atoms with E-state index in [2.05, 4.69) is 0 Å². The topological polar surface area (TPSA) is 57.5 Å². The van der Waals surface area contributed by atoms with Crippen molar-refractivity contribution >= 4 is 5.97 Å². The highest BCUT2D eigenvalue weighted by Gasteiger charge is 2.74. The Morgan fingerprint density at radius 2 is 1.88 bits per heavy atom. The molecular formula is C12H16F2O3. The average molecular weight is 246 g/mol. The molecule has 3 nitrogen and oxygen atoms in total. The number of carboxylic acid groups (broad SMARTS) is 1. The molecule has 2 bridgehead atoms. The molecule has 5 heteroatoms. The van der Waals surface area contributed by atoms with Crippen molar-refractivity contribution < 1.29 is 23.8 Å². The number of hydrogen-bond donors (Lipinski definition) is 2. The fourth-order valence-corrected chi connectivity index (χ4v) is 4.36. The van der Waals surface area contributed by atoms with E-state index in [1.54, 1.807) is 0 Å². The van der Waals surface area contributed by atoms with Gasteiger partial charge in [-0.2, -0.15) is 0 Å². The van der Waals surface area contributed by atoms with E-state index in [9.17, 15) is 23.8 Å². The Bertz CT molecular complexity index is 374. The fraction of sp³-hybridized carbons (Fsp3) is 0.917. The van der Waals surface area contributed by atoms with Gasteiger partial charge in [-0.3, -0.25) is 4.79 Å². The molecule has 2 N–H and O–H groups in total. The van der Waals surface area contributed by atoms with E-state index in [1.165, 1.54) is 0 Å². The van der Waals surface area contributed by atoms with E-state index in [0.717, 1.165) is 19.3 Å². The number of carboxylic acids is 1. The van der Waals surface area contributed by atoms with Crippen molar-refractivity contribution in [3.05, 3.63) is 0 Å². The minimum atomic E-state index is -2.92. The van der Waals surface area contributed by atoms with Crippen LogP contribution < -0.4 is 0 Å². The van der Waals surface area contributed by atoms with Gasteiger partial charge in [0.2, 0.25) is 0 Å². The van der Waals surface area contributed by atoms with Crippen LogP contribution in [-0.2, 0) is 4.79 Å². The van der Waals surface area contributed by atoms with Crippen LogP contribution in [0.2, 0.25) is 0 Å². The summed E-state index contributed by atoms with van der Waals surface area (Å²) in [6, 6.07) is 0. The summed E-state index contributed by atoms with van der Waals surface area (Å²) in [7, 11) is 0. The molecule has 3 unspecified atom stereocenters. The molecule has 17 heavy (non-hydrogen) atoms. The predicted molar refractivity (Wildman–Crippen MR) is 54.6 cm³/mol. The SMILES string of the molecule is O=C(O)C1(C2(O)CC3CCC2C3)CC(F)(F)C1. The minimum Gasteiger partial charge on any atom is -0.481 e. The highest BCUT2D eigenvalue weighted by Crippen LogP contribution is 2.66. The normalized spacial score (nSPS) is 45.6. The molecular weight excluding hydrogens is 230 g/mol. The molecule has 96 valence electrons. The molecule has 0 aromatic heterocycles. The summed E-state index contributed by atoms with van der Waals surface area (Å²) in [6.07, 6.45) is 1.57. The van der Waals surface area contributed by atoms with Gasteiger partial charge in [0.1, 0.15) is 5.41 Å². The number of rotatable bonds is 2. The molecule has 3 saturated carbocycles. The van der Waals surface area contributed by atoms with Gasteiger partial charge < -0.3 is 10.2 Å². The van der Waals surface area contributed by atoms with E-state index < -0.39 is 35.7 Å². The van der Waals surface area contributed by atoms with Crippen LogP contribution in [0, 0.1) is 17.3 Å². The number of hydrogen-bond acceptors (Lipinski definition) is 2. The highest BCUT2D eigenvalue weighted by molar-refractivity contribution is 5.78. The highest BCUT2D eigenvalue weighted by atomic mass is 19.3. The Morgan fingerprint density at radius 1 is 1.24 bits per heavy atom. The number of aliphatic hydroxyl groups is 1. The van der Waals surface area contributed by atoms with Crippen molar-refractivity contribution in [3.8, 4) is 0 Å². The summed E-state index contributed by atoms with van der Waals surface area (Å²) < 4.78 is 26.2. The molecule has 3 atom stereocenters. The van der Waals surface area contributed by atoms with E-state index in [1.807, 2.05) is 0 Å². The Labute approximate surface area is 97.8 Å². The fourth-order valence-electron chi connectivity index (χ4n) is 4.36. The third kappa shape index (κ3) is 1.26. The van der Waals surface area contributed by atoms with Crippen LogP contribution in [0.15, 0.2) is 0 Å². The quantitative estimate of drug-likeness (QED) is 0.783. The maximum Gasteiger partial charge on any atom is 0.313 e. The Hall–Kier alpha value is -0.710. The first-order valence-corrected chi connectivity index (χ1v) is 6.13. The van der Waals surface area contributed by atoms with Gasteiger partial charge in [-0.25, -0.2) is 8.78 Å². The summed E-state index contributed by atoms with van der Waals surface area (Å²) in [4.78, 5) is 11.4. The zero-order valence-corrected chi connectivity index (χ0v) is 9.46. The van der Waals surface area contributed by atoms with Crippen LogP contribution >= 0.6 is 0 Å². The maximum atomic E-state index is 13.1. The van der Waals surface area contributed by atoms with E-state index in [0.29, 0.717) is 12.3 Å². The van der Waals surface area contributed by atoms with Crippen LogP contribution in [0.4, 0.5) is 8.78 Å². The van der Waals surface area contributed by atoms with Crippen molar-refractivity contribution in [3.63, 3.8) is 0 Å². The molecule has 0 spiro atoms. The van der Waals surface area contributed by atoms with Crippen LogP contribution in [0.25, 0.3) is 0 Å². The number of alkyl halides is 2. The molecule has 0 radical (unpaired) electrons. The summed E-state index contributed by atoms with van der Waals surface area (Å²) in [6.45, 7) is 0. The van der Waals surface area contributed by atoms with Gasteiger partial charge in [0.05, 0.1) is 5.60 Å². The maximum absolute atomic E-state index is 13.1. The number of aliphatic carboxylic acids is 1. The minimum absolute atomic E-state index is 0.0975. The molecule has 0 aromatic carbocycles. The number of fused-ring (bicyclic) bond motifs is 2. The van der Waals surface area contributed by atoms with E-state index >= 15 is 0 Å². The van der Waals surface area contributed by atoms with Crippen molar-refractivity contribution in [2.45, 2.75) is 50.0 Å². The lowest BCUT2D eigenvalue weighted by molar-refractivity contribution is -0.255. The summed E-state index contributed by atoms with van der Waals surface area (Å²) in [5, 5.41) is 19.9. The average Bonchev–Trinajstić information content (AvgIpc) is 2.72. The van der Waals surface area contributed by atoms with Crippen LogP contribution in [0.5, 0.6) is 0 Å². The molecule has 3 aliphatic carbocycles. The predicted octanol–water partition coefficient (Wildman–Crippen LogP) is 2.04. The lowest BCUT2D eigenvalue weighted by Crippen LogP contribution is -2.66.